The molecule has 6 heteroatoms. The van der Waals surface area contributed by atoms with E-state index in [-0.39, 0.29) is 17.2 Å². The summed E-state index contributed by atoms with van der Waals surface area (Å²) >= 11 is 0. The lowest BCUT2D eigenvalue weighted by Crippen LogP contribution is -2.42. The Labute approximate surface area is 155 Å². The number of anilines is 1. The van der Waals surface area contributed by atoms with Gasteiger partial charge in [-0.3, -0.25) is 4.98 Å². The van der Waals surface area contributed by atoms with E-state index < -0.39 is 10.0 Å². The van der Waals surface area contributed by atoms with Crippen LogP contribution in [0.2, 0.25) is 0 Å². The first-order valence-corrected chi connectivity index (χ1v) is 10.9. The Morgan fingerprint density at radius 1 is 1.19 bits per heavy atom. The fourth-order valence-corrected chi connectivity index (χ4v) is 5.32. The molecule has 0 saturated carbocycles. The Hall–Kier alpha value is -1.92. The molecular formula is C20H25N3O2S. The van der Waals surface area contributed by atoms with Crippen molar-refractivity contribution in [2.45, 2.75) is 37.6 Å². The highest BCUT2D eigenvalue weighted by atomic mass is 32.2. The molecule has 2 aliphatic rings. The highest BCUT2D eigenvalue weighted by Crippen LogP contribution is 2.51. The zero-order valence-electron chi connectivity index (χ0n) is 15.1. The summed E-state index contributed by atoms with van der Waals surface area (Å²) in [5.41, 5.74) is 3.71. The molecule has 4 rings (SSSR count). The highest BCUT2D eigenvalue weighted by molar-refractivity contribution is 7.89. The molecule has 1 fully saturated rings. The molecular weight excluding hydrogens is 346 g/mol. The van der Waals surface area contributed by atoms with Crippen LogP contribution < -0.4 is 9.62 Å². The number of rotatable bonds is 4. The molecule has 2 aromatic rings. The molecule has 5 nitrogen and oxygen atoms in total. The third-order valence-corrected chi connectivity index (χ3v) is 7.34. The summed E-state index contributed by atoms with van der Waals surface area (Å²) in [5, 5.41) is 0. The average molecular weight is 372 g/mol. The molecule has 1 aromatic heterocycles. The van der Waals surface area contributed by atoms with Gasteiger partial charge >= 0.3 is 0 Å². The Kier molecular flexibility index (Phi) is 4.49. The smallest absolute Gasteiger partial charge is 0.211 e. The van der Waals surface area contributed by atoms with E-state index in [0.717, 1.165) is 43.6 Å². The molecule has 2 heterocycles. The van der Waals surface area contributed by atoms with Crippen LogP contribution in [0, 0.1) is 0 Å². The lowest BCUT2D eigenvalue weighted by Gasteiger charge is -2.41. The minimum Gasteiger partial charge on any atom is -0.370 e. The number of pyridine rings is 1. The molecule has 1 aliphatic carbocycles. The first-order chi connectivity index (χ1) is 12.5. The van der Waals surface area contributed by atoms with Crippen molar-refractivity contribution in [1.29, 1.82) is 0 Å². The number of benzene rings is 1. The molecule has 0 amide bonds. The minimum absolute atomic E-state index is 0.0657. The van der Waals surface area contributed by atoms with Crippen LogP contribution in [-0.2, 0) is 15.4 Å². The Morgan fingerprint density at radius 2 is 1.96 bits per heavy atom. The fourth-order valence-electron chi connectivity index (χ4n) is 4.51. The van der Waals surface area contributed by atoms with Crippen LogP contribution in [0.1, 0.15) is 43.4 Å². The second-order valence-corrected chi connectivity index (χ2v) is 9.39. The van der Waals surface area contributed by atoms with Crippen LogP contribution in [0.3, 0.4) is 0 Å². The first kappa shape index (κ1) is 17.5. The zero-order chi connectivity index (χ0) is 18.2. The number of sulfonamides is 1. The van der Waals surface area contributed by atoms with Crippen LogP contribution in [0.15, 0.2) is 48.8 Å². The van der Waals surface area contributed by atoms with Gasteiger partial charge in [-0.15, -0.1) is 0 Å². The lowest BCUT2D eigenvalue weighted by molar-refractivity contribution is 0.310. The number of piperidine rings is 1. The first-order valence-electron chi connectivity index (χ1n) is 9.27. The summed E-state index contributed by atoms with van der Waals surface area (Å²) in [4.78, 5) is 6.61. The average Bonchev–Trinajstić information content (AvgIpc) is 2.96. The van der Waals surface area contributed by atoms with Gasteiger partial charge in [0, 0.05) is 30.7 Å². The van der Waals surface area contributed by atoms with Gasteiger partial charge in [-0.1, -0.05) is 24.3 Å². The number of fused-ring (bicyclic) bond motifs is 2. The van der Waals surface area contributed by atoms with E-state index in [9.17, 15) is 8.42 Å². The summed E-state index contributed by atoms with van der Waals surface area (Å²) < 4.78 is 27.2. The van der Waals surface area contributed by atoms with Crippen LogP contribution in [-0.4, -0.2) is 32.2 Å². The predicted molar refractivity (Wildman–Crippen MR) is 104 cm³/mol. The fraction of sp³-hybridized carbons (Fsp3) is 0.450. The van der Waals surface area contributed by atoms with Crippen molar-refractivity contribution < 1.29 is 8.42 Å². The van der Waals surface area contributed by atoms with Gasteiger partial charge in [0.2, 0.25) is 10.0 Å². The van der Waals surface area contributed by atoms with Gasteiger partial charge in [0.15, 0.2) is 0 Å². The molecule has 1 N–H and O–H groups in total. The van der Waals surface area contributed by atoms with Crippen LogP contribution in [0.4, 0.5) is 5.69 Å². The summed E-state index contributed by atoms with van der Waals surface area (Å²) in [7, 11) is -3.22. The molecule has 1 aromatic carbocycles. The van der Waals surface area contributed by atoms with Crippen molar-refractivity contribution in [2.75, 3.05) is 23.7 Å². The molecule has 0 unspecified atom stereocenters. The molecule has 1 spiro atoms. The van der Waals surface area contributed by atoms with Gasteiger partial charge in [-0.25, -0.2) is 13.1 Å². The quantitative estimate of drug-likeness (QED) is 0.897. The van der Waals surface area contributed by atoms with Crippen LogP contribution in [0.5, 0.6) is 0 Å². The lowest BCUT2D eigenvalue weighted by atomic mass is 9.73. The van der Waals surface area contributed by atoms with Gasteiger partial charge in [-0.05, 0) is 49.4 Å². The van der Waals surface area contributed by atoms with Crippen molar-refractivity contribution in [3.05, 3.63) is 59.9 Å². The summed E-state index contributed by atoms with van der Waals surface area (Å²) in [5.74, 6) is 0.119. The largest absolute Gasteiger partial charge is 0.370 e. The normalized spacial score (nSPS) is 21.7. The minimum atomic E-state index is -3.22. The van der Waals surface area contributed by atoms with E-state index in [2.05, 4.69) is 38.9 Å². The summed E-state index contributed by atoms with van der Waals surface area (Å²) in [6.07, 6.45) is 6.63. The van der Waals surface area contributed by atoms with E-state index in [1.54, 1.807) is 13.1 Å². The van der Waals surface area contributed by atoms with Gasteiger partial charge in [0.05, 0.1) is 17.6 Å². The molecule has 1 saturated heterocycles. The van der Waals surface area contributed by atoms with Gasteiger partial charge in [0.1, 0.15) is 0 Å². The summed E-state index contributed by atoms with van der Waals surface area (Å²) in [6, 6.07) is 12.3. The van der Waals surface area contributed by atoms with E-state index >= 15 is 0 Å². The number of nitrogens with zero attached hydrogens (tertiary/aromatic N) is 2. The van der Waals surface area contributed by atoms with Crippen molar-refractivity contribution in [3.8, 4) is 0 Å². The predicted octanol–water partition coefficient (Wildman–Crippen LogP) is 3.00. The van der Waals surface area contributed by atoms with E-state index in [1.165, 1.54) is 5.56 Å². The van der Waals surface area contributed by atoms with Crippen molar-refractivity contribution in [3.63, 3.8) is 0 Å². The van der Waals surface area contributed by atoms with E-state index in [1.807, 2.05) is 18.3 Å². The maximum Gasteiger partial charge on any atom is 0.211 e. The van der Waals surface area contributed by atoms with E-state index in [4.69, 9.17) is 0 Å². The monoisotopic (exact) mass is 371 g/mol. The molecule has 0 radical (unpaired) electrons. The standard InChI is InChI=1S/C20H25N3O2S/c1-2-26(24,25)22-19-14-20(18-8-4-3-7-17(18)19)9-12-23(13-10-20)16-6-5-11-21-15-16/h3-8,11,15,19,22H,2,9-10,12-14H2,1H3/t19-/m1/s1. The number of aromatic nitrogens is 1. The summed E-state index contributed by atoms with van der Waals surface area (Å²) in [6.45, 7) is 3.62. The Bertz CT molecular complexity index is 875. The zero-order valence-corrected chi connectivity index (χ0v) is 15.9. The third-order valence-electron chi connectivity index (χ3n) is 5.94. The maximum absolute atomic E-state index is 12.1. The second kappa shape index (κ2) is 6.67. The molecule has 1 aliphatic heterocycles. The van der Waals surface area contributed by atoms with Crippen molar-refractivity contribution >= 4 is 15.7 Å². The Balaban J connectivity index is 1.58. The van der Waals surface area contributed by atoms with Gasteiger partial charge < -0.3 is 4.90 Å². The highest BCUT2D eigenvalue weighted by Gasteiger charge is 2.46. The van der Waals surface area contributed by atoms with Crippen LogP contribution in [0.25, 0.3) is 0 Å². The SMILES string of the molecule is CCS(=O)(=O)N[C@@H]1CC2(CCN(c3cccnc3)CC2)c2ccccc21. The van der Waals surface area contributed by atoms with Gasteiger partial charge in [-0.2, -0.15) is 0 Å². The molecule has 138 valence electrons. The van der Waals surface area contributed by atoms with Gasteiger partial charge in [0.25, 0.3) is 0 Å². The third kappa shape index (κ3) is 3.12. The van der Waals surface area contributed by atoms with Crippen LogP contribution >= 0.6 is 0 Å². The maximum atomic E-state index is 12.1. The Morgan fingerprint density at radius 3 is 2.65 bits per heavy atom. The molecule has 1 atom stereocenters. The second-order valence-electron chi connectivity index (χ2n) is 7.34. The topological polar surface area (TPSA) is 62.3 Å². The van der Waals surface area contributed by atoms with E-state index in [0.29, 0.717) is 0 Å². The molecule has 26 heavy (non-hydrogen) atoms. The number of nitrogens with one attached hydrogen (secondary N) is 1. The van der Waals surface area contributed by atoms with Crippen molar-refractivity contribution in [1.82, 2.24) is 9.71 Å². The van der Waals surface area contributed by atoms with Crippen molar-refractivity contribution in [2.24, 2.45) is 0 Å². The number of hydrogen-bond donors (Lipinski definition) is 1. The molecule has 0 bridgehead atoms. The number of hydrogen-bond acceptors (Lipinski definition) is 4.